The van der Waals surface area contributed by atoms with Crippen LogP contribution in [0.1, 0.15) is 46.2 Å². The van der Waals surface area contributed by atoms with Gasteiger partial charge in [0.2, 0.25) is 11.8 Å². The molecule has 31 heavy (non-hydrogen) atoms. The minimum absolute atomic E-state index is 0.451. The monoisotopic (exact) mass is 449 g/mol. The van der Waals surface area contributed by atoms with Crippen molar-refractivity contribution in [2.75, 3.05) is 0 Å². The van der Waals surface area contributed by atoms with Crippen LogP contribution in [0.2, 0.25) is 0 Å². The Morgan fingerprint density at radius 2 is 1.81 bits per heavy atom. The molecule has 0 saturated carbocycles. The maximum absolute atomic E-state index is 13.1. The van der Waals surface area contributed by atoms with Gasteiger partial charge in [-0.1, -0.05) is 30.3 Å². The molecule has 0 aromatic heterocycles. The van der Waals surface area contributed by atoms with Gasteiger partial charge >= 0.3 is 12.1 Å². The molecule has 4 atom stereocenters. The second-order valence-corrected chi connectivity index (χ2v) is 10.8. The fraction of sp³-hybridized carbons (Fsp3) is 0.524. The average Bonchev–Trinajstić information content (AvgIpc) is 2.91. The van der Waals surface area contributed by atoms with Gasteiger partial charge in [-0.3, -0.25) is 9.59 Å². The van der Waals surface area contributed by atoms with Crippen LogP contribution < -0.4 is 10.6 Å². The molecule has 3 amide bonds. The van der Waals surface area contributed by atoms with Crippen molar-refractivity contribution in [3.05, 3.63) is 35.9 Å². The van der Waals surface area contributed by atoms with E-state index in [1.807, 2.05) is 0 Å². The third-order valence-corrected chi connectivity index (χ3v) is 6.60. The Labute approximate surface area is 184 Å². The zero-order chi connectivity index (χ0) is 23.1. The SMILES string of the molecule is CC(C)(C)OC(=O)NC(C(=O)N[C@@H]1C(=O)N2[C@@H]1SC(C)(C)[C@@H]2C(=O)O)c1ccccc1. The van der Waals surface area contributed by atoms with Gasteiger partial charge in [0.1, 0.15) is 29.1 Å². The maximum atomic E-state index is 13.1. The Kier molecular flexibility index (Phi) is 5.96. The topological polar surface area (TPSA) is 125 Å². The van der Waals surface area contributed by atoms with E-state index in [0.717, 1.165) is 0 Å². The summed E-state index contributed by atoms with van der Waals surface area (Å²) in [5.74, 6) is -2.10. The molecule has 9 nitrogen and oxygen atoms in total. The fourth-order valence-electron chi connectivity index (χ4n) is 3.75. The van der Waals surface area contributed by atoms with Crippen LogP contribution in [0.25, 0.3) is 0 Å². The highest BCUT2D eigenvalue weighted by Crippen LogP contribution is 2.50. The van der Waals surface area contributed by atoms with Gasteiger partial charge in [-0.25, -0.2) is 9.59 Å². The van der Waals surface area contributed by atoms with Gasteiger partial charge in [0.05, 0.1) is 0 Å². The fourth-order valence-corrected chi connectivity index (χ4v) is 5.38. The summed E-state index contributed by atoms with van der Waals surface area (Å²) in [6.07, 6.45) is -0.764. The number of hydrogen-bond acceptors (Lipinski definition) is 6. The average molecular weight is 450 g/mol. The van der Waals surface area contributed by atoms with E-state index in [1.165, 1.54) is 16.7 Å². The van der Waals surface area contributed by atoms with Crippen molar-refractivity contribution >= 4 is 35.6 Å². The lowest BCUT2D eigenvalue weighted by Crippen LogP contribution is -2.71. The van der Waals surface area contributed by atoms with Gasteiger partial charge in [-0.15, -0.1) is 11.8 Å². The third kappa shape index (κ3) is 4.63. The number of benzene rings is 1. The number of ether oxygens (including phenoxy) is 1. The Bertz CT molecular complexity index is 898. The lowest BCUT2D eigenvalue weighted by molar-refractivity contribution is -0.161. The van der Waals surface area contributed by atoms with Crippen molar-refractivity contribution in [3.8, 4) is 0 Å². The molecule has 2 saturated heterocycles. The van der Waals surface area contributed by atoms with Crippen LogP contribution in [0.5, 0.6) is 0 Å². The summed E-state index contributed by atoms with van der Waals surface area (Å²) in [7, 11) is 0. The number of carboxylic acid groups (broad SMARTS) is 1. The summed E-state index contributed by atoms with van der Waals surface area (Å²) in [6, 6.07) is 5.70. The molecule has 3 N–H and O–H groups in total. The summed E-state index contributed by atoms with van der Waals surface area (Å²) < 4.78 is 4.57. The largest absolute Gasteiger partial charge is 0.480 e. The van der Waals surface area contributed by atoms with Gasteiger partial charge in [-0.2, -0.15) is 0 Å². The number of nitrogens with zero attached hydrogens (tertiary/aromatic N) is 1. The first kappa shape index (κ1) is 22.9. The zero-order valence-corrected chi connectivity index (χ0v) is 18.9. The molecule has 1 aromatic rings. The lowest BCUT2D eigenvalue weighted by atomic mass is 9.95. The summed E-state index contributed by atoms with van der Waals surface area (Å²) in [4.78, 5) is 51.0. The van der Waals surface area contributed by atoms with Gasteiger partial charge < -0.3 is 25.4 Å². The van der Waals surface area contributed by atoms with E-state index in [-0.39, 0.29) is 0 Å². The Morgan fingerprint density at radius 1 is 1.19 bits per heavy atom. The number of hydrogen-bond donors (Lipinski definition) is 3. The molecule has 1 aromatic carbocycles. The Hall–Kier alpha value is -2.75. The van der Waals surface area contributed by atoms with Gasteiger partial charge in [-0.05, 0) is 40.2 Å². The number of nitrogens with one attached hydrogen (secondary N) is 2. The molecule has 0 radical (unpaired) electrons. The Balaban J connectivity index is 1.76. The number of rotatable bonds is 5. The number of β-lactam (4-membered cyclic amide) rings is 1. The molecule has 168 valence electrons. The number of thioether (sulfide) groups is 1. The summed E-state index contributed by atoms with van der Waals surface area (Å²) in [5, 5.41) is 14.3. The van der Waals surface area contributed by atoms with E-state index in [4.69, 9.17) is 4.74 Å². The number of alkyl carbamates (subject to hydrolysis) is 1. The number of aliphatic carboxylic acids is 1. The van der Waals surface area contributed by atoms with Crippen molar-refractivity contribution in [1.82, 2.24) is 15.5 Å². The molecule has 3 rings (SSSR count). The van der Waals surface area contributed by atoms with E-state index in [2.05, 4.69) is 10.6 Å². The van der Waals surface area contributed by atoms with E-state index in [1.54, 1.807) is 65.0 Å². The molecule has 2 heterocycles. The zero-order valence-electron chi connectivity index (χ0n) is 18.0. The number of carbonyl (C=O) groups excluding carboxylic acids is 3. The molecule has 2 aliphatic rings. The third-order valence-electron chi connectivity index (χ3n) is 5.03. The van der Waals surface area contributed by atoms with E-state index in [9.17, 15) is 24.3 Å². The van der Waals surface area contributed by atoms with Crippen LogP contribution in [0.15, 0.2) is 30.3 Å². The molecular weight excluding hydrogens is 422 g/mol. The van der Waals surface area contributed by atoms with Crippen LogP contribution in [-0.2, 0) is 19.1 Å². The molecule has 0 bridgehead atoms. The van der Waals surface area contributed by atoms with Gasteiger partial charge in [0.15, 0.2) is 0 Å². The summed E-state index contributed by atoms with van der Waals surface area (Å²) in [5.41, 5.74) is -0.221. The van der Waals surface area contributed by atoms with E-state index < -0.39 is 57.7 Å². The van der Waals surface area contributed by atoms with Crippen LogP contribution in [0.3, 0.4) is 0 Å². The molecule has 0 spiro atoms. The second kappa shape index (κ2) is 8.07. The van der Waals surface area contributed by atoms with Crippen LogP contribution in [0, 0.1) is 0 Å². The van der Waals surface area contributed by atoms with Crippen molar-refractivity contribution in [3.63, 3.8) is 0 Å². The smallest absolute Gasteiger partial charge is 0.408 e. The number of carbonyl (C=O) groups is 4. The predicted molar refractivity (Wildman–Crippen MR) is 114 cm³/mol. The minimum Gasteiger partial charge on any atom is -0.480 e. The van der Waals surface area contributed by atoms with Crippen molar-refractivity contribution < 1.29 is 29.0 Å². The normalized spacial score (nSPS) is 25.1. The van der Waals surface area contributed by atoms with E-state index in [0.29, 0.717) is 5.56 Å². The van der Waals surface area contributed by atoms with Crippen LogP contribution in [-0.4, -0.2) is 61.7 Å². The number of fused-ring (bicyclic) bond motifs is 1. The first-order valence-electron chi connectivity index (χ1n) is 9.89. The van der Waals surface area contributed by atoms with Gasteiger partial charge in [0, 0.05) is 4.75 Å². The lowest BCUT2D eigenvalue weighted by Gasteiger charge is -2.44. The standard InChI is InChI=1S/C21H27N3O6S/c1-20(2,3)30-19(29)23-12(11-9-7-6-8-10-11)15(25)22-13-16(26)24-14(18(27)28)21(4,5)31-17(13)24/h6-10,12-14,17H,1-5H3,(H,22,25)(H,23,29)(H,27,28)/t12?,13-,14+,17-/m1/s1. The van der Waals surface area contributed by atoms with Gasteiger partial charge in [0.25, 0.3) is 0 Å². The molecule has 1 unspecified atom stereocenters. The highest BCUT2D eigenvalue weighted by Gasteiger charge is 2.64. The molecular formula is C21H27N3O6S. The van der Waals surface area contributed by atoms with E-state index >= 15 is 0 Å². The highest BCUT2D eigenvalue weighted by molar-refractivity contribution is 8.01. The molecule has 10 heteroatoms. The highest BCUT2D eigenvalue weighted by atomic mass is 32.2. The number of amides is 3. The summed E-state index contributed by atoms with van der Waals surface area (Å²) >= 11 is 1.33. The number of carboxylic acids is 1. The summed E-state index contributed by atoms with van der Waals surface area (Å²) in [6.45, 7) is 8.66. The first-order valence-corrected chi connectivity index (χ1v) is 10.8. The molecule has 2 fully saturated rings. The maximum Gasteiger partial charge on any atom is 0.408 e. The Morgan fingerprint density at radius 3 is 2.35 bits per heavy atom. The second-order valence-electron chi connectivity index (χ2n) is 9.07. The van der Waals surface area contributed by atoms with Crippen molar-refractivity contribution in [2.24, 2.45) is 0 Å². The van der Waals surface area contributed by atoms with Crippen LogP contribution >= 0.6 is 11.8 Å². The quantitative estimate of drug-likeness (QED) is 0.586. The molecule has 2 aliphatic heterocycles. The van der Waals surface area contributed by atoms with Crippen molar-refractivity contribution in [1.29, 1.82) is 0 Å². The minimum atomic E-state index is -1.08. The van der Waals surface area contributed by atoms with Crippen molar-refractivity contribution in [2.45, 2.75) is 68.5 Å². The van der Waals surface area contributed by atoms with Crippen LogP contribution in [0.4, 0.5) is 4.79 Å². The predicted octanol–water partition coefficient (Wildman–Crippen LogP) is 1.88. The first-order chi connectivity index (χ1) is 14.3. The molecule has 0 aliphatic carbocycles.